The van der Waals surface area contributed by atoms with E-state index < -0.39 is 10.0 Å². The van der Waals surface area contributed by atoms with Crippen LogP contribution >= 0.6 is 0 Å². The number of amides is 1. The summed E-state index contributed by atoms with van der Waals surface area (Å²) in [6.45, 7) is 4.61. The van der Waals surface area contributed by atoms with E-state index in [0.29, 0.717) is 25.5 Å². The smallest absolute Gasteiger partial charge is 0.243 e. The molecule has 0 aliphatic carbocycles. The molecule has 0 saturated heterocycles. The maximum Gasteiger partial charge on any atom is 0.243 e. The molecule has 1 aromatic rings. The second-order valence-corrected chi connectivity index (χ2v) is 7.01. The van der Waals surface area contributed by atoms with Crippen LogP contribution in [0.25, 0.3) is 0 Å². The Hall–Kier alpha value is -1.64. The SMILES string of the molecule is CCOc1ccc(S(=O)(=O)N(C)CC(=O)NCCOC)cc1C. The van der Waals surface area contributed by atoms with Gasteiger partial charge in [0.25, 0.3) is 0 Å². The van der Waals surface area contributed by atoms with Crippen molar-refractivity contribution in [2.24, 2.45) is 0 Å². The van der Waals surface area contributed by atoms with Gasteiger partial charge in [-0.3, -0.25) is 4.79 Å². The lowest BCUT2D eigenvalue weighted by atomic mass is 10.2. The van der Waals surface area contributed by atoms with Crippen molar-refractivity contribution in [2.45, 2.75) is 18.7 Å². The molecule has 1 amide bonds. The average Bonchev–Trinajstić information content (AvgIpc) is 2.49. The van der Waals surface area contributed by atoms with Gasteiger partial charge in [0, 0.05) is 20.7 Å². The fraction of sp³-hybridized carbons (Fsp3) is 0.533. The summed E-state index contributed by atoms with van der Waals surface area (Å²) in [6, 6.07) is 4.64. The van der Waals surface area contributed by atoms with Crippen molar-refractivity contribution in [3.63, 3.8) is 0 Å². The van der Waals surface area contributed by atoms with Crippen molar-refractivity contribution in [3.8, 4) is 5.75 Å². The van der Waals surface area contributed by atoms with Crippen LogP contribution in [-0.2, 0) is 19.6 Å². The van der Waals surface area contributed by atoms with Gasteiger partial charge in [0.2, 0.25) is 15.9 Å². The van der Waals surface area contributed by atoms with E-state index >= 15 is 0 Å². The minimum atomic E-state index is -3.73. The Balaban J connectivity index is 2.81. The number of rotatable bonds is 9. The lowest BCUT2D eigenvalue weighted by Gasteiger charge is -2.18. The lowest BCUT2D eigenvalue weighted by molar-refractivity contribution is -0.121. The second-order valence-electron chi connectivity index (χ2n) is 4.96. The average molecular weight is 344 g/mol. The van der Waals surface area contributed by atoms with Crippen LogP contribution in [0, 0.1) is 6.92 Å². The third kappa shape index (κ3) is 5.49. The lowest BCUT2D eigenvalue weighted by Crippen LogP contribution is -2.39. The molecule has 0 bridgehead atoms. The van der Waals surface area contributed by atoms with Gasteiger partial charge in [-0.15, -0.1) is 0 Å². The number of nitrogens with zero attached hydrogens (tertiary/aromatic N) is 1. The van der Waals surface area contributed by atoms with E-state index in [-0.39, 0.29) is 17.3 Å². The molecule has 0 aromatic heterocycles. The Morgan fingerprint density at radius 3 is 2.61 bits per heavy atom. The number of sulfonamides is 1. The third-order valence-electron chi connectivity index (χ3n) is 3.15. The molecule has 130 valence electrons. The minimum absolute atomic E-state index is 0.130. The number of nitrogens with one attached hydrogen (secondary N) is 1. The van der Waals surface area contributed by atoms with Crippen molar-refractivity contribution in [3.05, 3.63) is 23.8 Å². The zero-order valence-corrected chi connectivity index (χ0v) is 14.8. The van der Waals surface area contributed by atoms with Crippen LogP contribution in [0.4, 0.5) is 0 Å². The molecule has 0 aliphatic rings. The summed E-state index contributed by atoms with van der Waals surface area (Å²) in [4.78, 5) is 11.8. The molecule has 7 nitrogen and oxygen atoms in total. The van der Waals surface area contributed by atoms with E-state index in [1.165, 1.54) is 20.2 Å². The second kappa shape index (κ2) is 8.85. The maximum atomic E-state index is 12.5. The predicted molar refractivity (Wildman–Crippen MR) is 87.0 cm³/mol. The molecule has 0 unspecified atom stereocenters. The molecule has 8 heteroatoms. The fourth-order valence-corrected chi connectivity index (χ4v) is 3.13. The van der Waals surface area contributed by atoms with Crippen molar-refractivity contribution >= 4 is 15.9 Å². The summed E-state index contributed by atoms with van der Waals surface area (Å²) in [5, 5.41) is 2.59. The number of likely N-dealkylation sites (N-methyl/N-ethyl adjacent to an activating group) is 1. The first-order valence-electron chi connectivity index (χ1n) is 7.28. The van der Waals surface area contributed by atoms with E-state index in [9.17, 15) is 13.2 Å². The molecule has 0 aliphatic heterocycles. The van der Waals surface area contributed by atoms with Gasteiger partial charge in [-0.2, -0.15) is 4.31 Å². The first kappa shape index (κ1) is 19.4. The summed E-state index contributed by atoms with van der Waals surface area (Å²) in [5.74, 6) is 0.266. The predicted octanol–water partition coefficient (Wildman–Crippen LogP) is 0.777. The van der Waals surface area contributed by atoms with Gasteiger partial charge in [-0.1, -0.05) is 0 Å². The molecule has 1 rings (SSSR count). The van der Waals surface area contributed by atoms with Crippen LogP contribution in [0.5, 0.6) is 5.75 Å². The van der Waals surface area contributed by atoms with Crippen LogP contribution in [0.2, 0.25) is 0 Å². The highest BCUT2D eigenvalue weighted by Crippen LogP contribution is 2.23. The highest BCUT2D eigenvalue weighted by molar-refractivity contribution is 7.89. The summed E-state index contributed by atoms with van der Waals surface area (Å²) >= 11 is 0. The van der Waals surface area contributed by atoms with Gasteiger partial charge in [0.1, 0.15) is 5.75 Å². The minimum Gasteiger partial charge on any atom is -0.494 e. The van der Waals surface area contributed by atoms with E-state index in [1.807, 2.05) is 6.92 Å². The van der Waals surface area contributed by atoms with Gasteiger partial charge >= 0.3 is 0 Å². The molecular formula is C15H24N2O5S. The van der Waals surface area contributed by atoms with Crippen LogP contribution in [-0.4, -0.2) is 59.1 Å². The Kier molecular flexibility index (Phi) is 7.47. The molecule has 0 spiro atoms. The zero-order valence-electron chi connectivity index (χ0n) is 14.0. The fourth-order valence-electron chi connectivity index (χ4n) is 1.92. The van der Waals surface area contributed by atoms with Crippen molar-refractivity contribution in [2.75, 3.05) is 40.5 Å². The molecule has 0 saturated carbocycles. The number of carbonyl (C=O) groups excluding carboxylic acids is 1. The van der Waals surface area contributed by atoms with E-state index in [2.05, 4.69) is 5.32 Å². The van der Waals surface area contributed by atoms with Gasteiger partial charge in [0.05, 0.1) is 24.7 Å². The van der Waals surface area contributed by atoms with Gasteiger partial charge in [-0.05, 0) is 37.6 Å². The molecule has 0 fully saturated rings. The summed E-state index contributed by atoms with van der Waals surface area (Å²) in [7, 11) is -0.836. The Labute approximate surface area is 137 Å². The van der Waals surface area contributed by atoms with Crippen molar-refractivity contribution in [1.82, 2.24) is 9.62 Å². The zero-order chi connectivity index (χ0) is 17.5. The third-order valence-corrected chi connectivity index (χ3v) is 4.95. The molecule has 1 aromatic carbocycles. The number of aryl methyl sites for hydroxylation is 1. The van der Waals surface area contributed by atoms with Crippen LogP contribution in [0.1, 0.15) is 12.5 Å². The topological polar surface area (TPSA) is 84.9 Å². The largest absolute Gasteiger partial charge is 0.494 e. The normalized spacial score (nSPS) is 11.5. The highest BCUT2D eigenvalue weighted by Gasteiger charge is 2.23. The van der Waals surface area contributed by atoms with Crippen molar-refractivity contribution < 1.29 is 22.7 Å². The van der Waals surface area contributed by atoms with Crippen LogP contribution in [0.15, 0.2) is 23.1 Å². The summed E-state index contributed by atoms with van der Waals surface area (Å²) in [6.07, 6.45) is 0. The monoisotopic (exact) mass is 344 g/mol. The summed E-state index contributed by atoms with van der Waals surface area (Å²) < 4.78 is 36.2. The number of benzene rings is 1. The molecule has 0 heterocycles. The van der Waals surface area contributed by atoms with Crippen molar-refractivity contribution in [1.29, 1.82) is 0 Å². The Bertz CT molecular complexity index is 631. The quantitative estimate of drug-likeness (QED) is 0.669. The van der Waals surface area contributed by atoms with Gasteiger partial charge in [0.15, 0.2) is 0 Å². The molecule has 23 heavy (non-hydrogen) atoms. The number of methoxy groups -OCH3 is 1. The first-order valence-corrected chi connectivity index (χ1v) is 8.72. The Morgan fingerprint density at radius 2 is 2.04 bits per heavy atom. The van der Waals surface area contributed by atoms with E-state index in [4.69, 9.17) is 9.47 Å². The molecule has 0 radical (unpaired) electrons. The van der Waals surface area contributed by atoms with E-state index in [1.54, 1.807) is 19.1 Å². The number of hydrogen-bond donors (Lipinski definition) is 1. The van der Waals surface area contributed by atoms with Gasteiger partial charge in [-0.25, -0.2) is 8.42 Å². The van der Waals surface area contributed by atoms with Crippen LogP contribution in [0.3, 0.4) is 0 Å². The maximum absolute atomic E-state index is 12.5. The standard InChI is InChI=1S/C15H24N2O5S/c1-5-22-14-7-6-13(10-12(14)2)23(19,20)17(3)11-15(18)16-8-9-21-4/h6-7,10H,5,8-9,11H2,1-4H3,(H,16,18). The van der Waals surface area contributed by atoms with Gasteiger partial charge < -0.3 is 14.8 Å². The number of hydrogen-bond acceptors (Lipinski definition) is 5. The molecule has 0 atom stereocenters. The Morgan fingerprint density at radius 1 is 1.35 bits per heavy atom. The first-order chi connectivity index (χ1) is 10.8. The molecular weight excluding hydrogens is 320 g/mol. The number of ether oxygens (including phenoxy) is 2. The molecule has 1 N–H and O–H groups in total. The summed E-state index contributed by atoms with van der Waals surface area (Å²) in [5.41, 5.74) is 0.728. The van der Waals surface area contributed by atoms with Crippen LogP contribution < -0.4 is 10.1 Å². The van der Waals surface area contributed by atoms with E-state index in [0.717, 1.165) is 9.87 Å². The number of carbonyl (C=O) groups is 1. The highest BCUT2D eigenvalue weighted by atomic mass is 32.2.